The molecule has 1 aromatic carbocycles. The molecule has 136 valence electrons. The highest BCUT2D eigenvalue weighted by atomic mass is 32.2. The average molecular weight is 378 g/mol. The zero-order valence-electron chi connectivity index (χ0n) is 13.8. The SMILES string of the molecule is C[C@@]1(c2cc(NC(=O)c3ncc(O)cc3F)ccc2F)CCSC(N)=N1. The van der Waals surface area contributed by atoms with Crippen LogP contribution in [0.15, 0.2) is 35.5 Å². The monoisotopic (exact) mass is 378 g/mol. The first-order valence-corrected chi connectivity index (χ1v) is 8.71. The summed E-state index contributed by atoms with van der Waals surface area (Å²) in [5.74, 6) is -1.93. The van der Waals surface area contributed by atoms with E-state index in [0.717, 1.165) is 12.3 Å². The van der Waals surface area contributed by atoms with Crippen LogP contribution in [-0.4, -0.2) is 26.9 Å². The van der Waals surface area contributed by atoms with Gasteiger partial charge in [0.2, 0.25) is 0 Å². The van der Waals surface area contributed by atoms with Gasteiger partial charge < -0.3 is 16.2 Å². The number of nitrogens with two attached hydrogens (primary N) is 1. The summed E-state index contributed by atoms with van der Waals surface area (Å²) in [5, 5.41) is 12.0. The van der Waals surface area contributed by atoms with Gasteiger partial charge >= 0.3 is 0 Å². The Balaban J connectivity index is 1.90. The van der Waals surface area contributed by atoms with Gasteiger partial charge in [0.05, 0.1) is 11.7 Å². The van der Waals surface area contributed by atoms with Crippen LogP contribution in [0.3, 0.4) is 0 Å². The summed E-state index contributed by atoms with van der Waals surface area (Å²) in [6, 6.07) is 4.82. The third kappa shape index (κ3) is 3.62. The smallest absolute Gasteiger partial charge is 0.277 e. The van der Waals surface area contributed by atoms with E-state index >= 15 is 0 Å². The zero-order valence-corrected chi connectivity index (χ0v) is 14.6. The molecule has 9 heteroatoms. The third-order valence-corrected chi connectivity index (χ3v) is 4.84. The number of hydrogen-bond acceptors (Lipinski definition) is 6. The molecule has 1 aliphatic rings. The molecule has 0 saturated heterocycles. The first-order valence-electron chi connectivity index (χ1n) is 7.72. The Labute approximate surface area is 152 Å². The van der Waals surface area contributed by atoms with Crippen LogP contribution in [-0.2, 0) is 5.54 Å². The minimum absolute atomic E-state index is 0.272. The van der Waals surface area contributed by atoms with Crippen molar-refractivity contribution in [2.45, 2.75) is 18.9 Å². The number of aromatic hydroxyl groups is 1. The molecular formula is C17H16F2N4O2S. The molecule has 1 atom stereocenters. The van der Waals surface area contributed by atoms with Crippen molar-refractivity contribution in [1.29, 1.82) is 0 Å². The van der Waals surface area contributed by atoms with Crippen LogP contribution in [0.25, 0.3) is 0 Å². The number of nitrogens with one attached hydrogen (secondary N) is 1. The second-order valence-electron chi connectivity index (χ2n) is 6.00. The van der Waals surface area contributed by atoms with Crippen molar-refractivity contribution in [1.82, 2.24) is 4.98 Å². The maximum atomic E-state index is 14.4. The minimum Gasteiger partial charge on any atom is -0.506 e. The number of halogens is 2. The lowest BCUT2D eigenvalue weighted by Gasteiger charge is -2.30. The van der Waals surface area contributed by atoms with Crippen LogP contribution in [0.4, 0.5) is 14.5 Å². The number of carbonyl (C=O) groups is 1. The van der Waals surface area contributed by atoms with Gasteiger partial charge in [-0.05, 0) is 31.5 Å². The molecular weight excluding hydrogens is 362 g/mol. The molecule has 3 rings (SSSR count). The quantitative estimate of drug-likeness (QED) is 0.762. The number of amides is 1. The number of carbonyl (C=O) groups excluding carboxylic acids is 1. The Morgan fingerprint density at radius 2 is 2.12 bits per heavy atom. The summed E-state index contributed by atoms with van der Waals surface area (Å²) in [5.41, 5.74) is 5.01. The predicted molar refractivity (Wildman–Crippen MR) is 96.3 cm³/mol. The molecule has 0 radical (unpaired) electrons. The van der Waals surface area contributed by atoms with Crippen molar-refractivity contribution < 1.29 is 18.7 Å². The van der Waals surface area contributed by atoms with Gasteiger partial charge in [0.15, 0.2) is 16.7 Å². The summed E-state index contributed by atoms with van der Waals surface area (Å²) < 4.78 is 28.1. The molecule has 0 unspecified atom stereocenters. The molecule has 0 fully saturated rings. The van der Waals surface area contributed by atoms with Gasteiger partial charge in [0.1, 0.15) is 11.6 Å². The maximum absolute atomic E-state index is 14.4. The fraction of sp³-hybridized carbons (Fsp3) is 0.235. The van der Waals surface area contributed by atoms with Crippen molar-refractivity contribution in [3.8, 4) is 5.75 Å². The number of rotatable bonds is 3. The number of hydrogen-bond donors (Lipinski definition) is 3. The van der Waals surface area contributed by atoms with Gasteiger partial charge in [-0.3, -0.25) is 9.79 Å². The molecule has 4 N–H and O–H groups in total. The summed E-state index contributed by atoms with van der Waals surface area (Å²) >= 11 is 1.40. The van der Waals surface area contributed by atoms with Gasteiger partial charge in [-0.1, -0.05) is 11.8 Å². The van der Waals surface area contributed by atoms with Crippen molar-refractivity contribution in [2.24, 2.45) is 10.7 Å². The van der Waals surface area contributed by atoms with Crippen molar-refractivity contribution >= 4 is 28.5 Å². The van der Waals surface area contributed by atoms with E-state index in [-0.39, 0.29) is 17.0 Å². The minimum atomic E-state index is -0.960. The second-order valence-corrected chi connectivity index (χ2v) is 7.11. The third-order valence-electron chi connectivity index (χ3n) is 4.04. The number of amidine groups is 1. The fourth-order valence-electron chi connectivity index (χ4n) is 2.68. The lowest BCUT2D eigenvalue weighted by molar-refractivity contribution is 0.101. The predicted octanol–water partition coefficient (Wildman–Crippen LogP) is 2.98. The summed E-state index contributed by atoms with van der Waals surface area (Å²) in [6.45, 7) is 1.77. The second kappa shape index (κ2) is 6.91. The largest absolute Gasteiger partial charge is 0.506 e. The van der Waals surface area contributed by atoms with Crippen molar-refractivity contribution in [2.75, 3.05) is 11.1 Å². The van der Waals surface area contributed by atoms with Crippen molar-refractivity contribution in [3.05, 3.63) is 53.4 Å². The molecule has 6 nitrogen and oxygen atoms in total. The number of benzene rings is 1. The summed E-state index contributed by atoms with van der Waals surface area (Å²) in [7, 11) is 0. The van der Waals surface area contributed by atoms with Crippen LogP contribution in [0.1, 0.15) is 29.4 Å². The Morgan fingerprint density at radius 3 is 2.81 bits per heavy atom. The number of nitrogens with zero attached hydrogens (tertiary/aromatic N) is 2. The van der Waals surface area contributed by atoms with Crippen LogP contribution >= 0.6 is 11.8 Å². The molecule has 2 aromatic rings. The van der Waals surface area contributed by atoms with Gasteiger partial charge in [0, 0.05) is 23.1 Å². The summed E-state index contributed by atoms with van der Waals surface area (Å²) in [4.78, 5) is 20.1. The zero-order chi connectivity index (χ0) is 18.9. The van der Waals surface area contributed by atoms with Crippen LogP contribution in [0.2, 0.25) is 0 Å². The number of pyridine rings is 1. The summed E-state index contributed by atoms with van der Waals surface area (Å²) in [6.07, 6.45) is 1.55. The van der Waals surface area contributed by atoms with Crippen molar-refractivity contribution in [3.63, 3.8) is 0 Å². The van der Waals surface area contributed by atoms with Gasteiger partial charge in [-0.15, -0.1) is 0 Å². The van der Waals surface area contributed by atoms with E-state index in [9.17, 15) is 13.6 Å². The number of aromatic nitrogens is 1. The van der Waals surface area contributed by atoms with Crippen LogP contribution in [0, 0.1) is 11.6 Å². The molecule has 1 amide bonds. The van der Waals surface area contributed by atoms with E-state index in [1.54, 1.807) is 6.92 Å². The Kier molecular flexibility index (Phi) is 4.82. The molecule has 2 heterocycles. The van der Waals surface area contributed by atoms with Gasteiger partial charge in [-0.25, -0.2) is 13.8 Å². The molecule has 0 saturated carbocycles. The molecule has 0 bridgehead atoms. The highest BCUT2D eigenvalue weighted by Gasteiger charge is 2.32. The molecule has 1 aliphatic heterocycles. The highest BCUT2D eigenvalue weighted by molar-refractivity contribution is 8.13. The first kappa shape index (κ1) is 18.1. The molecule has 1 aromatic heterocycles. The molecule has 0 aliphatic carbocycles. The van der Waals surface area contributed by atoms with Gasteiger partial charge in [0.25, 0.3) is 5.91 Å². The number of aliphatic imine (C=N–C) groups is 1. The Hall–Kier alpha value is -2.68. The van der Waals surface area contributed by atoms with Crippen LogP contribution in [0.5, 0.6) is 5.75 Å². The van der Waals surface area contributed by atoms with E-state index < -0.39 is 28.8 Å². The highest BCUT2D eigenvalue weighted by Crippen LogP contribution is 2.37. The average Bonchev–Trinajstić information content (AvgIpc) is 2.56. The topological polar surface area (TPSA) is 101 Å². The lowest BCUT2D eigenvalue weighted by Crippen LogP contribution is -2.30. The Morgan fingerprint density at radius 1 is 1.35 bits per heavy atom. The van der Waals surface area contributed by atoms with E-state index in [4.69, 9.17) is 10.8 Å². The van der Waals surface area contributed by atoms with Crippen LogP contribution < -0.4 is 11.1 Å². The number of anilines is 1. The van der Waals surface area contributed by atoms with E-state index in [1.807, 2.05) is 0 Å². The van der Waals surface area contributed by atoms with E-state index in [2.05, 4.69) is 15.3 Å². The van der Waals surface area contributed by atoms with E-state index in [0.29, 0.717) is 17.3 Å². The van der Waals surface area contributed by atoms with E-state index in [1.165, 1.54) is 30.0 Å². The van der Waals surface area contributed by atoms with Gasteiger partial charge in [-0.2, -0.15) is 0 Å². The first-order chi connectivity index (χ1) is 12.3. The maximum Gasteiger partial charge on any atom is 0.277 e. The Bertz CT molecular complexity index is 906. The fourth-order valence-corrected chi connectivity index (χ4v) is 3.66. The molecule has 0 spiro atoms. The standard InChI is InChI=1S/C17H16F2N4O2S/c1-17(4-5-26-16(20)23-17)11-6-9(2-3-12(11)18)22-15(25)14-13(19)7-10(24)8-21-14/h2-3,6-8,24H,4-5H2,1H3,(H2,20,23)(H,22,25)/t17-/m0/s1. The molecule has 26 heavy (non-hydrogen) atoms. The normalized spacial score (nSPS) is 19.7. The lowest BCUT2D eigenvalue weighted by atomic mass is 9.89. The number of thioether (sulfide) groups is 1.